The number of ether oxygens (including phenoxy) is 2. The predicted octanol–water partition coefficient (Wildman–Crippen LogP) is 3.99. The van der Waals surface area contributed by atoms with Crippen molar-refractivity contribution in [2.75, 3.05) is 13.7 Å². The van der Waals surface area contributed by atoms with E-state index in [1.807, 2.05) is 23.5 Å². The lowest BCUT2D eigenvalue weighted by Crippen LogP contribution is -2.26. The van der Waals surface area contributed by atoms with Crippen molar-refractivity contribution >= 4 is 11.3 Å². The summed E-state index contributed by atoms with van der Waals surface area (Å²) in [7, 11) is 1.70. The van der Waals surface area contributed by atoms with Crippen molar-refractivity contribution in [2.24, 2.45) is 0 Å². The van der Waals surface area contributed by atoms with Crippen molar-refractivity contribution in [1.29, 1.82) is 0 Å². The fourth-order valence-corrected chi connectivity index (χ4v) is 3.68. The van der Waals surface area contributed by atoms with E-state index in [0.717, 1.165) is 31.1 Å². The minimum atomic E-state index is 0.326. The molecule has 1 aromatic heterocycles. The number of thiophene rings is 1. The highest BCUT2D eigenvalue weighted by atomic mass is 32.1. The van der Waals surface area contributed by atoms with Crippen molar-refractivity contribution in [3.63, 3.8) is 0 Å². The maximum atomic E-state index is 5.74. The quantitative estimate of drug-likeness (QED) is 0.926. The summed E-state index contributed by atoms with van der Waals surface area (Å²) in [5.74, 6) is 1.85. The predicted molar refractivity (Wildman–Crippen MR) is 86.5 cm³/mol. The molecule has 1 aromatic carbocycles. The molecule has 1 N–H and O–H groups in total. The van der Waals surface area contributed by atoms with Gasteiger partial charge in [0.15, 0.2) is 0 Å². The molecule has 1 aliphatic rings. The number of rotatable bonds is 4. The van der Waals surface area contributed by atoms with Crippen molar-refractivity contribution in [3.05, 3.63) is 45.1 Å². The number of hydrogen-bond donors (Lipinski definition) is 1. The molecule has 0 bridgehead atoms. The van der Waals surface area contributed by atoms with Gasteiger partial charge in [-0.2, -0.15) is 0 Å². The number of fused-ring (bicyclic) bond motifs is 1. The van der Waals surface area contributed by atoms with E-state index in [9.17, 15) is 0 Å². The van der Waals surface area contributed by atoms with Gasteiger partial charge in [-0.15, -0.1) is 11.3 Å². The SMILES string of the molecule is COc1ccc2c(c1)C(NCc1cc(C)c(C)s1)CCO2. The normalized spacial score (nSPS) is 17.2. The van der Waals surface area contributed by atoms with Crippen LogP contribution in [0.3, 0.4) is 0 Å². The zero-order chi connectivity index (χ0) is 14.8. The van der Waals surface area contributed by atoms with Crippen molar-refractivity contribution < 1.29 is 9.47 Å². The average molecular weight is 303 g/mol. The van der Waals surface area contributed by atoms with Crippen molar-refractivity contribution in [2.45, 2.75) is 32.9 Å². The van der Waals surface area contributed by atoms with Gasteiger partial charge in [0.2, 0.25) is 0 Å². The summed E-state index contributed by atoms with van der Waals surface area (Å²) >= 11 is 1.87. The Morgan fingerprint density at radius 1 is 1.33 bits per heavy atom. The smallest absolute Gasteiger partial charge is 0.124 e. The van der Waals surface area contributed by atoms with Crippen LogP contribution in [0.4, 0.5) is 0 Å². The molecule has 0 aliphatic carbocycles. The molecule has 0 fully saturated rings. The molecule has 1 aliphatic heterocycles. The van der Waals surface area contributed by atoms with Crippen LogP contribution in [0.1, 0.15) is 33.3 Å². The third-order valence-electron chi connectivity index (χ3n) is 4.00. The van der Waals surface area contributed by atoms with E-state index in [1.54, 1.807) is 7.11 Å². The Morgan fingerprint density at radius 3 is 2.90 bits per heavy atom. The van der Waals surface area contributed by atoms with Crippen LogP contribution in [-0.2, 0) is 6.54 Å². The molecule has 0 radical (unpaired) electrons. The molecule has 0 amide bonds. The van der Waals surface area contributed by atoms with Gasteiger partial charge < -0.3 is 14.8 Å². The first-order valence-electron chi connectivity index (χ1n) is 7.27. The molecule has 2 heterocycles. The average Bonchev–Trinajstić information content (AvgIpc) is 2.83. The Kier molecular flexibility index (Phi) is 4.17. The Hall–Kier alpha value is -1.52. The fraction of sp³-hybridized carbons (Fsp3) is 0.412. The van der Waals surface area contributed by atoms with Gasteiger partial charge in [-0.1, -0.05) is 0 Å². The summed E-state index contributed by atoms with van der Waals surface area (Å²) in [6, 6.07) is 8.64. The Labute approximate surface area is 129 Å². The minimum Gasteiger partial charge on any atom is -0.497 e. The summed E-state index contributed by atoms with van der Waals surface area (Å²) in [5.41, 5.74) is 2.58. The molecular weight excluding hydrogens is 282 g/mol. The zero-order valence-electron chi connectivity index (χ0n) is 12.7. The highest BCUT2D eigenvalue weighted by Gasteiger charge is 2.21. The lowest BCUT2D eigenvalue weighted by Gasteiger charge is -2.27. The van der Waals surface area contributed by atoms with E-state index < -0.39 is 0 Å². The van der Waals surface area contributed by atoms with Gasteiger partial charge in [0.1, 0.15) is 11.5 Å². The van der Waals surface area contributed by atoms with Crippen molar-refractivity contribution in [1.82, 2.24) is 5.32 Å². The van der Waals surface area contributed by atoms with Crippen LogP contribution in [0, 0.1) is 13.8 Å². The summed E-state index contributed by atoms with van der Waals surface area (Å²) in [6.07, 6.45) is 0.990. The summed E-state index contributed by atoms with van der Waals surface area (Å²) < 4.78 is 11.1. The van der Waals surface area contributed by atoms with Gasteiger partial charge in [0, 0.05) is 34.3 Å². The highest BCUT2D eigenvalue weighted by Crippen LogP contribution is 2.35. The molecule has 0 saturated carbocycles. The zero-order valence-corrected chi connectivity index (χ0v) is 13.5. The topological polar surface area (TPSA) is 30.5 Å². The molecular formula is C17H21NO2S. The summed E-state index contributed by atoms with van der Waals surface area (Å²) in [5, 5.41) is 3.66. The third kappa shape index (κ3) is 3.06. The van der Waals surface area contributed by atoms with E-state index in [-0.39, 0.29) is 0 Å². The molecule has 0 spiro atoms. The van der Waals surface area contributed by atoms with Gasteiger partial charge in [0.25, 0.3) is 0 Å². The molecule has 4 heteroatoms. The van der Waals surface area contributed by atoms with Crippen LogP contribution in [0.15, 0.2) is 24.3 Å². The van der Waals surface area contributed by atoms with Gasteiger partial charge in [0.05, 0.1) is 13.7 Å². The molecule has 3 rings (SSSR count). The van der Waals surface area contributed by atoms with E-state index >= 15 is 0 Å². The first kappa shape index (κ1) is 14.4. The molecule has 112 valence electrons. The van der Waals surface area contributed by atoms with Gasteiger partial charge in [-0.05, 0) is 43.7 Å². The molecule has 21 heavy (non-hydrogen) atoms. The molecule has 3 nitrogen and oxygen atoms in total. The summed E-state index contributed by atoms with van der Waals surface area (Å²) in [6.45, 7) is 6.02. The number of aryl methyl sites for hydroxylation is 2. The van der Waals surface area contributed by atoms with Gasteiger partial charge >= 0.3 is 0 Å². The fourth-order valence-electron chi connectivity index (χ4n) is 2.67. The first-order valence-corrected chi connectivity index (χ1v) is 8.09. The third-order valence-corrected chi connectivity index (χ3v) is 5.15. The number of hydrogen-bond acceptors (Lipinski definition) is 4. The number of methoxy groups -OCH3 is 1. The lowest BCUT2D eigenvalue weighted by atomic mass is 10.00. The minimum absolute atomic E-state index is 0.326. The molecule has 1 unspecified atom stereocenters. The lowest BCUT2D eigenvalue weighted by molar-refractivity contribution is 0.251. The molecule has 2 aromatic rings. The van der Waals surface area contributed by atoms with Crippen LogP contribution < -0.4 is 14.8 Å². The van der Waals surface area contributed by atoms with E-state index in [1.165, 1.54) is 20.9 Å². The van der Waals surface area contributed by atoms with E-state index in [2.05, 4.69) is 31.3 Å². The molecule has 1 atom stereocenters. The van der Waals surface area contributed by atoms with Crippen LogP contribution in [0.2, 0.25) is 0 Å². The summed E-state index contributed by atoms with van der Waals surface area (Å²) in [4.78, 5) is 2.79. The number of nitrogens with one attached hydrogen (secondary N) is 1. The first-order chi connectivity index (χ1) is 10.2. The maximum absolute atomic E-state index is 5.74. The van der Waals surface area contributed by atoms with Crippen LogP contribution in [0.5, 0.6) is 11.5 Å². The maximum Gasteiger partial charge on any atom is 0.124 e. The van der Waals surface area contributed by atoms with Gasteiger partial charge in [-0.25, -0.2) is 0 Å². The van der Waals surface area contributed by atoms with Crippen LogP contribution in [-0.4, -0.2) is 13.7 Å². The van der Waals surface area contributed by atoms with Gasteiger partial charge in [-0.3, -0.25) is 0 Å². The second-order valence-electron chi connectivity index (χ2n) is 5.43. The Bertz CT molecular complexity index is 616. The largest absolute Gasteiger partial charge is 0.497 e. The monoisotopic (exact) mass is 303 g/mol. The van der Waals surface area contributed by atoms with Crippen LogP contribution >= 0.6 is 11.3 Å². The standard InChI is InChI=1S/C17H21NO2S/c1-11-8-14(21-12(11)2)10-18-16-6-7-20-17-5-4-13(19-3)9-15(16)17/h4-5,8-9,16,18H,6-7,10H2,1-3H3. The number of benzene rings is 1. The second kappa shape index (κ2) is 6.08. The van der Waals surface area contributed by atoms with E-state index in [0.29, 0.717) is 6.04 Å². The Morgan fingerprint density at radius 2 is 2.19 bits per heavy atom. The Balaban J connectivity index is 1.75. The molecule has 0 saturated heterocycles. The van der Waals surface area contributed by atoms with Crippen LogP contribution in [0.25, 0.3) is 0 Å². The second-order valence-corrected chi connectivity index (χ2v) is 6.77. The highest BCUT2D eigenvalue weighted by molar-refractivity contribution is 7.12. The van der Waals surface area contributed by atoms with Crippen molar-refractivity contribution in [3.8, 4) is 11.5 Å². The van der Waals surface area contributed by atoms with E-state index in [4.69, 9.17) is 9.47 Å².